The Morgan fingerprint density at radius 1 is 1.28 bits per heavy atom. The predicted octanol–water partition coefficient (Wildman–Crippen LogP) is 4.69. The van der Waals surface area contributed by atoms with Gasteiger partial charge in [0, 0.05) is 16.9 Å². The van der Waals surface area contributed by atoms with Crippen LogP contribution >= 0.6 is 46.9 Å². The van der Waals surface area contributed by atoms with Crippen molar-refractivity contribution in [3.63, 3.8) is 0 Å². The number of nitrogens with zero attached hydrogens (tertiary/aromatic N) is 2. The first-order chi connectivity index (χ1) is 11.4. The number of thiazole rings is 1. The predicted molar refractivity (Wildman–Crippen MR) is 106 cm³/mol. The van der Waals surface area contributed by atoms with E-state index < -0.39 is 11.9 Å². The van der Waals surface area contributed by atoms with Crippen LogP contribution in [-0.4, -0.2) is 17.5 Å². The molecular weight excluding hydrogens is 488 g/mol. The van der Waals surface area contributed by atoms with E-state index in [-0.39, 0.29) is 30.5 Å². The maximum Gasteiger partial charge on any atom is 0.434 e. The summed E-state index contributed by atoms with van der Waals surface area (Å²) >= 11 is 7.03. The summed E-state index contributed by atoms with van der Waals surface area (Å²) in [7, 11) is 0. The number of aromatic nitrogens is 1. The molecule has 0 unspecified atom stereocenters. The van der Waals surface area contributed by atoms with Crippen molar-refractivity contribution in [1.82, 2.24) is 15.6 Å². The van der Waals surface area contributed by atoms with Crippen LogP contribution in [0, 0.1) is 0 Å². The highest BCUT2D eigenvalue weighted by atomic mass is 127. The van der Waals surface area contributed by atoms with Gasteiger partial charge >= 0.3 is 6.18 Å². The number of nitrogens with one attached hydrogen (secondary N) is 2. The third-order valence-electron chi connectivity index (χ3n) is 2.96. The van der Waals surface area contributed by atoms with Crippen molar-refractivity contribution in [1.29, 1.82) is 0 Å². The number of hydrogen-bond acceptors (Lipinski definition) is 3. The van der Waals surface area contributed by atoms with E-state index >= 15 is 0 Å². The number of rotatable bonds is 5. The lowest BCUT2D eigenvalue weighted by atomic mass is 10.2. The van der Waals surface area contributed by atoms with Crippen molar-refractivity contribution in [3.05, 3.63) is 50.9 Å². The van der Waals surface area contributed by atoms with E-state index in [1.165, 1.54) is 0 Å². The lowest BCUT2D eigenvalue weighted by molar-refractivity contribution is -0.140. The first-order valence-corrected chi connectivity index (χ1v) is 8.43. The van der Waals surface area contributed by atoms with Crippen LogP contribution in [0.3, 0.4) is 0 Å². The second-order valence-electron chi connectivity index (χ2n) is 4.76. The summed E-state index contributed by atoms with van der Waals surface area (Å²) in [5.41, 5.74) is -0.00715. The maximum absolute atomic E-state index is 12.5. The molecule has 1 aromatic heterocycles. The van der Waals surface area contributed by atoms with Gasteiger partial charge < -0.3 is 10.6 Å². The number of halogens is 5. The van der Waals surface area contributed by atoms with Crippen molar-refractivity contribution in [2.45, 2.75) is 26.2 Å². The summed E-state index contributed by atoms with van der Waals surface area (Å²) in [5, 5.41) is 7.96. The van der Waals surface area contributed by atoms with Crippen molar-refractivity contribution in [3.8, 4) is 0 Å². The van der Waals surface area contributed by atoms with Gasteiger partial charge in [0.2, 0.25) is 0 Å². The van der Waals surface area contributed by atoms with Gasteiger partial charge in [0.25, 0.3) is 0 Å². The second kappa shape index (κ2) is 10.2. The van der Waals surface area contributed by atoms with Crippen LogP contribution in [0.5, 0.6) is 0 Å². The molecule has 0 saturated heterocycles. The molecule has 138 valence electrons. The zero-order chi connectivity index (χ0) is 17.6. The molecule has 4 nitrogen and oxygen atoms in total. The molecule has 1 aromatic carbocycles. The molecule has 0 spiro atoms. The van der Waals surface area contributed by atoms with Gasteiger partial charge in [-0.25, -0.2) is 9.98 Å². The summed E-state index contributed by atoms with van der Waals surface area (Å²) in [4.78, 5) is 7.95. The molecule has 0 radical (unpaired) electrons. The van der Waals surface area contributed by atoms with Gasteiger partial charge in [-0.05, 0) is 18.6 Å². The molecule has 0 amide bonds. The normalized spacial score (nSPS) is 11.8. The molecular formula is C15H17ClF3IN4S. The van der Waals surface area contributed by atoms with Gasteiger partial charge in [-0.2, -0.15) is 13.2 Å². The monoisotopic (exact) mass is 504 g/mol. The van der Waals surface area contributed by atoms with Crippen LogP contribution in [0.15, 0.2) is 34.6 Å². The van der Waals surface area contributed by atoms with Crippen molar-refractivity contribution < 1.29 is 13.2 Å². The summed E-state index contributed by atoms with van der Waals surface area (Å²) in [6.07, 6.45) is -4.42. The Hall–Kier alpha value is -1.07. The highest BCUT2D eigenvalue weighted by Gasteiger charge is 2.33. The zero-order valence-electron chi connectivity index (χ0n) is 13.2. The highest BCUT2D eigenvalue weighted by Crippen LogP contribution is 2.29. The fraction of sp³-hybridized carbons (Fsp3) is 0.333. The van der Waals surface area contributed by atoms with E-state index in [1.807, 2.05) is 25.1 Å². The Labute approximate surface area is 169 Å². The van der Waals surface area contributed by atoms with Gasteiger partial charge in [0.15, 0.2) is 11.7 Å². The van der Waals surface area contributed by atoms with Crippen molar-refractivity contribution in [2.24, 2.45) is 4.99 Å². The molecule has 2 N–H and O–H groups in total. The average Bonchev–Trinajstić information content (AvgIpc) is 3.00. The molecule has 25 heavy (non-hydrogen) atoms. The van der Waals surface area contributed by atoms with Crippen LogP contribution in [0.1, 0.15) is 23.2 Å². The smallest absolute Gasteiger partial charge is 0.357 e. The first-order valence-electron chi connectivity index (χ1n) is 7.17. The van der Waals surface area contributed by atoms with Crippen molar-refractivity contribution in [2.75, 3.05) is 6.54 Å². The van der Waals surface area contributed by atoms with Crippen LogP contribution in [0.25, 0.3) is 0 Å². The SMILES string of the molecule is CCNC(=NCc1ccccc1Cl)NCc1nc(C(F)(F)F)cs1.I. The van der Waals surface area contributed by atoms with Gasteiger partial charge in [0.1, 0.15) is 5.01 Å². The van der Waals surface area contributed by atoms with Crippen LogP contribution in [0.2, 0.25) is 5.02 Å². The molecule has 0 saturated carbocycles. The molecule has 2 rings (SSSR count). The van der Waals surface area contributed by atoms with E-state index in [0.29, 0.717) is 29.1 Å². The summed E-state index contributed by atoms with van der Waals surface area (Å²) in [6, 6.07) is 7.35. The third kappa shape index (κ3) is 6.98. The lowest BCUT2D eigenvalue weighted by Gasteiger charge is -2.10. The minimum Gasteiger partial charge on any atom is -0.357 e. The van der Waals surface area contributed by atoms with E-state index in [9.17, 15) is 13.2 Å². The van der Waals surface area contributed by atoms with Gasteiger partial charge in [-0.3, -0.25) is 0 Å². The number of aliphatic imine (C=N–C) groups is 1. The van der Waals surface area contributed by atoms with E-state index in [0.717, 1.165) is 22.3 Å². The molecule has 0 atom stereocenters. The van der Waals surface area contributed by atoms with E-state index in [4.69, 9.17) is 11.6 Å². The minimum absolute atomic E-state index is 0. The number of alkyl halides is 3. The molecule has 1 heterocycles. The molecule has 0 aliphatic carbocycles. The lowest BCUT2D eigenvalue weighted by Crippen LogP contribution is -2.36. The van der Waals surface area contributed by atoms with Gasteiger partial charge in [0.05, 0.1) is 13.1 Å². The van der Waals surface area contributed by atoms with Crippen molar-refractivity contribution >= 4 is 52.9 Å². The molecule has 10 heteroatoms. The highest BCUT2D eigenvalue weighted by molar-refractivity contribution is 14.0. The van der Waals surface area contributed by atoms with E-state index in [1.54, 1.807) is 6.07 Å². The molecule has 0 aliphatic rings. The summed E-state index contributed by atoms with van der Waals surface area (Å²) < 4.78 is 37.6. The fourth-order valence-corrected chi connectivity index (χ4v) is 2.75. The zero-order valence-corrected chi connectivity index (χ0v) is 17.1. The Morgan fingerprint density at radius 2 is 2.00 bits per heavy atom. The fourth-order valence-electron chi connectivity index (χ4n) is 1.81. The minimum atomic E-state index is -4.42. The summed E-state index contributed by atoms with van der Waals surface area (Å²) in [5.74, 6) is 0.487. The molecule has 0 fully saturated rings. The number of guanidine groups is 1. The molecule has 0 bridgehead atoms. The average molecular weight is 505 g/mol. The quantitative estimate of drug-likeness (QED) is 0.353. The van der Waals surface area contributed by atoms with Gasteiger partial charge in [-0.1, -0.05) is 29.8 Å². The van der Waals surface area contributed by atoms with Crippen LogP contribution in [0.4, 0.5) is 13.2 Å². The Kier molecular flexibility index (Phi) is 8.94. The number of benzene rings is 1. The van der Waals surface area contributed by atoms with Crippen LogP contribution < -0.4 is 10.6 Å². The Balaban J connectivity index is 0.00000312. The standard InChI is InChI=1S/C15H16ClF3N4S.HI/c1-2-20-14(21-7-10-5-3-4-6-11(10)16)22-8-13-23-12(9-24-13)15(17,18)19;/h3-6,9H,2,7-8H2,1H3,(H2,20,21,22);1H. The molecule has 0 aliphatic heterocycles. The van der Waals surface area contributed by atoms with E-state index in [2.05, 4.69) is 20.6 Å². The topological polar surface area (TPSA) is 49.3 Å². The van der Waals surface area contributed by atoms with Gasteiger partial charge in [-0.15, -0.1) is 35.3 Å². The second-order valence-corrected chi connectivity index (χ2v) is 6.11. The Bertz CT molecular complexity index is 706. The molecule has 2 aromatic rings. The van der Waals surface area contributed by atoms with Crippen LogP contribution in [-0.2, 0) is 19.3 Å². The maximum atomic E-state index is 12.5. The Morgan fingerprint density at radius 3 is 2.60 bits per heavy atom. The largest absolute Gasteiger partial charge is 0.434 e. The number of hydrogen-bond donors (Lipinski definition) is 2. The third-order valence-corrected chi connectivity index (χ3v) is 4.18. The summed E-state index contributed by atoms with van der Waals surface area (Å²) in [6.45, 7) is 3.05. The first kappa shape index (κ1) is 22.0.